The number of carbonyl (C=O) groups is 1. The molecule has 27 heavy (non-hydrogen) atoms. The number of aryl methyl sites for hydroxylation is 1. The minimum atomic E-state index is -0.738. The molecule has 0 saturated heterocycles. The van der Waals surface area contributed by atoms with Crippen LogP contribution < -0.4 is 0 Å². The number of benzene rings is 1. The van der Waals surface area contributed by atoms with Gasteiger partial charge in [-0.15, -0.1) is 0 Å². The number of fused-ring (bicyclic) bond motifs is 1. The monoisotopic (exact) mass is 406 g/mol. The highest BCUT2D eigenvalue weighted by Gasteiger charge is 2.29. The lowest BCUT2D eigenvalue weighted by Crippen LogP contribution is -2.41. The number of rotatable bonds is 6. The molecule has 1 aliphatic rings. The van der Waals surface area contributed by atoms with Crippen molar-refractivity contribution in [3.05, 3.63) is 63.4 Å². The number of hydrogen-bond acceptors (Lipinski definition) is 3. The summed E-state index contributed by atoms with van der Waals surface area (Å²) in [6.07, 6.45) is 5.67. The number of pyridine rings is 1. The molecule has 1 aromatic carbocycles. The maximum atomic E-state index is 13.2. The summed E-state index contributed by atoms with van der Waals surface area (Å²) in [4.78, 5) is 19.0. The molecule has 2 atom stereocenters. The van der Waals surface area contributed by atoms with Crippen molar-refractivity contribution < 1.29 is 9.90 Å². The van der Waals surface area contributed by atoms with E-state index in [-0.39, 0.29) is 18.4 Å². The average Bonchev–Trinajstić information content (AvgIpc) is 2.68. The van der Waals surface area contributed by atoms with Gasteiger partial charge in [0, 0.05) is 30.4 Å². The predicted octanol–water partition coefficient (Wildman–Crippen LogP) is 4.47. The Morgan fingerprint density at radius 1 is 1.33 bits per heavy atom. The van der Waals surface area contributed by atoms with Gasteiger partial charge in [-0.2, -0.15) is 0 Å². The molecule has 2 unspecified atom stereocenters. The number of aliphatic hydroxyl groups excluding tert-OH is 1. The molecular formula is C21H24Cl2N2O2. The predicted molar refractivity (Wildman–Crippen MR) is 108 cm³/mol. The van der Waals surface area contributed by atoms with Gasteiger partial charge in [0.25, 0.3) is 0 Å². The molecule has 6 heteroatoms. The van der Waals surface area contributed by atoms with E-state index >= 15 is 0 Å². The average molecular weight is 407 g/mol. The molecular weight excluding hydrogens is 383 g/mol. The van der Waals surface area contributed by atoms with Gasteiger partial charge < -0.3 is 10.0 Å². The molecule has 1 N–H and O–H groups in total. The molecule has 1 heterocycles. The fourth-order valence-corrected chi connectivity index (χ4v) is 4.04. The van der Waals surface area contributed by atoms with Crippen molar-refractivity contribution >= 4 is 29.1 Å². The fourth-order valence-electron chi connectivity index (χ4n) is 3.67. The highest BCUT2D eigenvalue weighted by molar-refractivity contribution is 6.42. The lowest BCUT2D eigenvalue weighted by atomic mass is 9.83. The number of aliphatic hydroxyl groups is 1. The molecule has 1 aliphatic carbocycles. The van der Waals surface area contributed by atoms with Crippen molar-refractivity contribution in [2.45, 2.75) is 38.7 Å². The van der Waals surface area contributed by atoms with Gasteiger partial charge in [0.1, 0.15) is 0 Å². The van der Waals surface area contributed by atoms with E-state index in [4.69, 9.17) is 23.2 Å². The van der Waals surface area contributed by atoms with Crippen LogP contribution >= 0.6 is 23.2 Å². The van der Waals surface area contributed by atoms with E-state index in [9.17, 15) is 9.90 Å². The van der Waals surface area contributed by atoms with E-state index in [1.807, 2.05) is 25.1 Å². The Kier molecular flexibility index (Phi) is 6.74. The maximum absolute atomic E-state index is 13.2. The summed E-state index contributed by atoms with van der Waals surface area (Å²) in [5.41, 5.74) is 2.99. The molecule has 0 spiro atoms. The van der Waals surface area contributed by atoms with Crippen molar-refractivity contribution in [2.24, 2.45) is 5.92 Å². The molecule has 0 radical (unpaired) electrons. The highest BCUT2D eigenvalue weighted by atomic mass is 35.5. The fraction of sp³-hybridized carbons (Fsp3) is 0.429. The summed E-state index contributed by atoms with van der Waals surface area (Å²) in [6.45, 7) is 2.94. The van der Waals surface area contributed by atoms with Gasteiger partial charge in [0.2, 0.25) is 5.91 Å². The lowest BCUT2D eigenvalue weighted by Gasteiger charge is -2.31. The maximum Gasteiger partial charge on any atom is 0.226 e. The van der Waals surface area contributed by atoms with E-state index in [0.29, 0.717) is 23.0 Å². The lowest BCUT2D eigenvalue weighted by molar-refractivity contribution is -0.137. The molecule has 3 rings (SSSR count). The van der Waals surface area contributed by atoms with Crippen molar-refractivity contribution in [3.8, 4) is 0 Å². The number of amides is 1. The molecule has 2 aromatic rings. The van der Waals surface area contributed by atoms with Gasteiger partial charge in [-0.3, -0.25) is 9.78 Å². The van der Waals surface area contributed by atoms with Crippen LogP contribution in [-0.2, 0) is 17.6 Å². The molecule has 144 valence electrons. The number of nitrogens with zero attached hydrogens (tertiary/aromatic N) is 2. The van der Waals surface area contributed by atoms with Crippen molar-refractivity contribution in [2.75, 3.05) is 13.1 Å². The zero-order valence-corrected chi connectivity index (χ0v) is 16.9. The Balaban J connectivity index is 1.72. The topological polar surface area (TPSA) is 53.4 Å². The first-order valence-electron chi connectivity index (χ1n) is 9.33. The van der Waals surface area contributed by atoms with Crippen LogP contribution in [0.4, 0.5) is 0 Å². The largest absolute Gasteiger partial charge is 0.386 e. The van der Waals surface area contributed by atoms with E-state index in [1.165, 1.54) is 5.56 Å². The van der Waals surface area contributed by atoms with Crippen LogP contribution in [-0.4, -0.2) is 34.0 Å². The third-order valence-electron chi connectivity index (χ3n) is 5.09. The number of hydrogen-bond donors (Lipinski definition) is 1. The van der Waals surface area contributed by atoms with Gasteiger partial charge >= 0.3 is 0 Å². The number of carbonyl (C=O) groups excluding carboxylic acids is 1. The molecule has 1 aromatic heterocycles. The first-order chi connectivity index (χ1) is 13.0. The van der Waals surface area contributed by atoms with Gasteiger partial charge in [-0.05, 0) is 55.0 Å². The number of halogens is 2. The summed E-state index contributed by atoms with van der Waals surface area (Å²) < 4.78 is 0. The first kappa shape index (κ1) is 20.1. The Labute approximate surface area is 170 Å². The second-order valence-electron chi connectivity index (χ2n) is 7.06. The summed E-state index contributed by atoms with van der Waals surface area (Å²) in [5.74, 6) is -0.00102. The zero-order chi connectivity index (χ0) is 19.4. The molecule has 1 amide bonds. The van der Waals surface area contributed by atoms with E-state index in [1.54, 1.807) is 23.4 Å². The smallest absolute Gasteiger partial charge is 0.226 e. The van der Waals surface area contributed by atoms with E-state index in [0.717, 1.165) is 30.4 Å². The van der Waals surface area contributed by atoms with Gasteiger partial charge in [-0.1, -0.05) is 36.2 Å². The van der Waals surface area contributed by atoms with E-state index in [2.05, 4.69) is 4.98 Å². The third kappa shape index (κ3) is 4.81. The summed E-state index contributed by atoms with van der Waals surface area (Å²) in [5, 5.41) is 11.6. The van der Waals surface area contributed by atoms with Crippen LogP contribution in [0.2, 0.25) is 10.0 Å². The number of aromatic nitrogens is 1. The molecule has 0 saturated carbocycles. The Morgan fingerprint density at radius 3 is 2.74 bits per heavy atom. The van der Waals surface area contributed by atoms with Gasteiger partial charge in [-0.25, -0.2) is 0 Å². The quantitative estimate of drug-likeness (QED) is 0.769. The summed E-state index contributed by atoms with van der Waals surface area (Å²) in [6, 6.07) is 7.41. The minimum absolute atomic E-state index is 0.0940. The zero-order valence-electron chi connectivity index (χ0n) is 15.4. The van der Waals surface area contributed by atoms with Crippen LogP contribution in [0.5, 0.6) is 0 Å². The molecule has 0 bridgehead atoms. The molecule has 0 fully saturated rings. The van der Waals surface area contributed by atoms with Crippen LogP contribution in [0.1, 0.15) is 42.6 Å². The second-order valence-corrected chi connectivity index (χ2v) is 7.88. The van der Waals surface area contributed by atoms with Gasteiger partial charge in [0.05, 0.1) is 22.7 Å². The molecule has 0 aliphatic heterocycles. The Bertz CT molecular complexity index is 798. The Hall–Kier alpha value is -1.62. The van der Waals surface area contributed by atoms with Crippen molar-refractivity contribution in [3.63, 3.8) is 0 Å². The SMILES string of the molecule is CCCN(CC(O)c1cccnc1)C(=O)C1CCc2cc(Cl)c(Cl)cc2C1. The molecule has 4 nitrogen and oxygen atoms in total. The third-order valence-corrected chi connectivity index (χ3v) is 5.81. The van der Waals surface area contributed by atoms with E-state index < -0.39 is 6.10 Å². The highest BCUT2D eigenvalue weighted by Crippen LogP contribution is 2.33. The normalized spacial score (nSPS) is 17.3. The van der Waals surface area contributed by atoms with Gasteiger partial charge in [0.15, 0.2) is 0 Å². The summed E-state index contributed by atoms with van der Waals surface area (Å²) >= 11 is 12.3. The van der Waals surface area contributed by atoms with Crippen molar-refractivity contribution in [1.82, 2.24) is 9.88 Å². The Morgan fingerprint density at radius 2 is 2.07 bits per heavy atom. The second kappa shape index (κ2) is 9.05. The van der Waals surface area contributed by atoms with Crippen LogP contribution in [0, 0.1) is 5.92 Å². The van der Waals surface area contributed by atoms with Crippen molar-refractivity contribution in [1.29, 1.82) is 0 Å². The van der Waals surface area contributed by atoms with Crippen LogP contribution in [0.25, 0.3) is 0 Å². The van der Waals surface area contributed by atoms with Crippen LogP contribution in [0.3, 0.4) is 0 Å². The summed E-state index contributed by atoms with van der Waals surface area (Å²) in [7, 11) is 0. The first-order valence-corrected chi connectivity index (χ1v) is 10.1. The van der Waals surface area contributed by atoms with Crippen LogP contribution in [0.15, 0.2) is 36.7 Å². The standard InChI is InChI=1S/C21H24Cl2N2O2/c1-2-8-25(13-20(26)16-4-3-7-24-12-16)21(27)15-6-5-14-10-18(22)19(23)11-17(14)9-15/h3-4,7,10-12,15,20,26H,2,5-6,8-9,13H2,1H3. The minimum Gasteiger partial charge on any atom is -0.386 e.